The second-order valence-corrected chi connectivity index (χ2v) is 2.72. The summed E-state index contributed by atoms with van der Waals surface area (Å²) in [7, 11) is 0. The predicted molar refractivity (Wildman–Crippen MR) is 44.5 cm³/mol. The lowest BCUT2D eigenvalue weighted by Crippen LogP contribution is -2.08. The number of anilines is 1. The van der Waals surface area contributed by atoms with Crippen LogP contribution in [0.5, 0.6) is 0 Å². The second-order valence-electron chi connectivity index (χ2n) is 1.91. The number of pyridine rings is 1. The van der Waals surface area contributed by atoms with E-state index in [2.05, 4.69) is 26.3 Å². The third-order valence-electron chi connectivity index (χ3n) is 1.21. The Labute approximate surface area is 67.7 Å². The van der Waals surface area contributed by atoms with E-state index in [9.17, 15) is 0 Å². The monoisotopic (exact) mass is 201 g/mol. The largest absolute Gasteiger partial charge is 0.322 e. The molecule has 4 heteroatoms. The zero-order valence-electron chi connectivity index (χ0n) is 5.56. The number of aromatic nitrogens is 1. The first-order valence-corrected chi connectivity index (χ1v) is 3.63. The summed E-state index contributed by atoms with van der Waals surface area (Å²) < 4.78 is 0.823. The minimum absolute atomic E-state index is 0.823. The van der Waals surface area contributed by atoms with Crippen molar-refractivity contribution >= 4 is 21.6 Å². The quantitative estimate of drug-likeness (QED) is 0.411. The van der Waals surface area contributed by atoms with Crippen LogP contribution in [0, 0.1) is 6.92 Å². The molecule has 0 spiro atoms. The molecule has 54 valence electrons. The van der Waals surface area contributed by atoms with E-state index in [1.807, 2.05) is 19.1 Å². The zero-order valence-corrected chi connectivity index (χ0v) is 7.14. The predicted octanol–water partition coefficient (Wildman–Crippen LogP) is 1.44. The van der Waals surface area contributed by atoms with E-state index in [0.29, 0.717) is 0 Å². The van der Waals surface area contributed by atoms with Crippen LogP contribution >= 0.6 is 15.9 Å². The molecule has 0 aliphatic carbocycles. The Morgan fingerprint density at radius 2 is 2.30 bits per heavy atom. The van der Waals surface area contributed by atoms with E-state index in [-0.39, 0.29) is 0 Å². The number of rotatable bonds is 1. The standard InChI is InChI=1S/C6H8BrN3/c1-4-5(10-8)2-3-6(7)9-4/h2-3,10H,8H2,1H3. The molecular formula is C6H8BrN3. The maximum atomic E-state index is 5.20. The molecule has 1 aromatic heterocycles. The Bertz CT molecular complexity index is 236. The number of nitrogens with two attached hydrogens (primary N) is 1. The maximum Gasteiger partial charge on any atom is 0.106 e. The third kappa shape index (κ3) is 1.46. The van der Waals surface area contributed by atoms with Crippen molar-refractivity contribution in [3.63, 3.8) is 0 Å². The molecule has 0 radical (unpaired) electrons. The highest BCUT2D eigenvalue weighted by atomic mass is 79.9. The average Bonchev–Trinajstić information content (AvgIpc) is 1.88. The molecule has 0 bridgehead atoms. The summed E-state index contributed by atoms with van der Waals surface area (Å²) in [5, 5.41) is 0. The van der Waals surface area contributed by atoms with Gasteiger partial charge < -0.3 is 5.43 Å². The van der Waals surface area contributed by atoms with Crippen LogP contribution in [0.3, 0.4) is 0 Å². The van der Waals surface area contributed by atoms with E-state index in [0.717, 1.165) is 16.0 Å². The Balaban J connectivity index is 3.07. The number of hydrogen-bond donors (Lipinski definition) is 2. The van der Waals surface area contributed by atoms with Gasteiger partial charge in [0.1, 0.15) is 4.60 Å². The van der Waals surface area contributed by atoms with Gasteiger partial charge in [-0.3, -0.25) is 5.84 Å². The number of aryl methyl sites for hydroxylation is 1. The minimum Gasteiger partial charge on any atom is -0.322 e. The molecule has 1 aromatic rings. The highest BCUT2D eigenvalue weighted by Gasteiger charge is 1.95. The Morgan fingerprint density at radius 3 is 2.80 bits per heavy atom. The van der Waals surface area contributed by atoms with Gasteiger partial charge in [-0.1, -0.05) is 0 Å². The van der Waals surface area contributed by atoms with Crippen LogP contribution in [0.4, 0.5) is 5.69 Å². The van der Waals surface area contributed by atoms with Crippen LogP contribution in [0.1, 0.15) is 5.69 Å². The topological polar surface area (TPSA) is 50.9 Å². The number of nitrogens with one attached hydrogen (secondary N) is 1. The van der Waals surface area contributed by atoms with Crippen LogP contribution in [-0.4, -0.2) is 4.98 Å². The van der Waals surface area contributed by atoms with Gasteiger partial charge in [-0.05, 0) is 35.0 Å². The Kier molecular flexibility index (Phi) is 2.24. The van der Waals surface area contributed by atoms with E-state index < -0.39 is 0 Å². The molecule has 0 fully saturated rings. The van der Waals surface area contributed by atoms with E-state index in [1.54, 1.807) is 0 Å². The number of halogens is 1. The van der Waals surface area contributed by atoms with Crippen molar-refractivity contribution in [2.24, 2.45) is 5.84 Å². The zero-order chi connectivity index (χ0) is 7.56. The summed E-state index contributed by atoms with van der Waals surface area (Å²) >= 11 is 3.25. The van der Waals surface area contributed by atoms with Gasteiger partial charge in [-0.15, -0.1) is 0 Å². The Morgan fingerprint density at radius 1 is 1.60 bits per heavy atom. The van der Waals surface area contributed by atoms with Gasteiger partial charge in [-0.25, -0.2) is 4.98 Å². The summed E-state index contributed by atoms with van der Waals surface area (Å²) in [6.45, 7) is 1.89. The summed E-state index contributed by atoms with van der Waals surface area (Å²) in [5.74, 6) is 5.20. The fourth-order valence-electron chi connectivity index (χ4n) is 0.683. The minimum atomic E-state index is 0.823. The summed E-state index contributed by atoms with van der Waals surface area (Å²) in [4.78, 5) is 4.12. The van der Waals surface area contributed by atoms with Gasteiger partial charge in [0.2, 0.25) is 0 Å². The molecule has 3 N–H and O–H groups in total. The lowest BCUT2D eigenvalue weighted by atomic mass is 10.3. The molecule has 0 amide bonds. The molecule has 0 saturated carbocycles. The fourth-order valence-corrected chi connectivity index (χ4v) is 1.08. The lowest BCUT2D eigenvalue weighted by molar-refractivity contribution is 1.15. The number of nitrogens with zero attached hydrogens (tertiary/aromatic N) is 1. The molecule has 0 atom stereocenters. The van der Waals surface area contributed by atoms with Crippen molar-refractivity contribution in [3.8, 4) is 0 Å². The van der Waals surface area contributed by atoms with Gasteiger partial charge in [0.05, 0.1) is 11.4 Å². The first-order chi connectivity index (χ1) is 4.74. The lowest BCUT2D eigenvalue weighted by Gasteiger charge is -2.02. The molecule has 1 rings (SSSR count). The van der Waals surface area contributed by atoms with Crippen LogP contribution in [0.2, 0.25) is 0 Å². The van der Waals surface area contributed by atoms with Gasteiger partial charge >= 0.3 is 0 Å². The molecule has 10 heavy (non-hydrogen) atoms. The molecule has 0 aliphatic rings. The summed E-state index contributed by atoms with van der Waals surface area (Å²) in [6, 6.07) is 3.70. The van der Waals surface area contributed by atoms with Crippen molar-refractivity contribution in [2.75, 3.05) is 5.43 Å². The molecule has 3 nitrogen and oxygen atoms in total. The first-order valence-electron chi connectivity index (χ1n) is 2.84. The maximum absolute atomic E-state index is 5.20. The van der Waals surface area contributed by atoms with Crippen LogP contribution in [-0.2, 0) is 0 Å². The highest BCUT2D eigenvalue weighted by Crippen LogP contribution is 2.14. The molecular weight excluding hydrogens is 194 g/mol. The van der Waals surface area contributed by atoms with Crippen molar-refractivity contribution in [1.29, 1.82) is 0 Å². The van der Waals surface area contributed by atoms with Gasteiger partial charge in [-0.2, -0.15) is 0 Å². The van der Waals surface area contributed by atoms with E-state index in [1.165, 1.54) is 0 Å². The van der Waals surface area contributed by atoms with E-state index in [4.69, 9.17) is 5.84 Å². The Hall–Kier alpha value is -0.610. The van der Waals surface area contributed by atoms with Gasteiger partial charge in [0.15, 0.2) is 0 Å². The normalized spacial score (nSPS) is 9.50. The van der Waals surface area contributed by atoms with Crippen molar-refractivity contribution in [3.05, 3.63) is 22.4 Å². The second kappa shape index (κ2) is 2.98. The summed E-state index contributed by atoms with van der Waals surface area (Å²) in [6.07, 6.45) is 0. The fraction of sp³-hybridized carbons (Fsp3) is 0.167. The SMILES string of the molecule is Cc1nc(Br)ccc1NN. The smallest absolute Gasteiger partial charge is 0.106 e. The van der Waals surface area contributed by atoms with Gasteiger partial charge in [0.25, 0.3) is 0 Å². The van der Waals surface area contributed by atoms with Gasteiger partial charge in [0, 0.05) is 0 Å². The van der Waals surface area contributed by atoms with Crippen LogP contribution in [0.15, 0.2) is 16.7 Å². The number of nitrogen functional groups attached to an aromatic ring is 1. The number of hydrogen-bond acceptors (Lipinski definition) is 3. The number of hydrazine groups is 1. The van der Waals surface area contributed by atoms with Crippen LogP contribution < -0.4 is 11.3 Å². The molecule has 0 unspecified atom stereocenters. The van der Waals surface area contributed by atoms with E-state index >= 15 is 0 Å². The van der Waals surface area contributed by atoms with Crippen LogP contribution in [0.25, 0.3) is 0 Å². The van der Waals surface area contributed by atoms with Crippen molar-refractivity contribution in [1.82, 2.24) is 4.98 Å². The summed E-state index contributed by atoms with van der Waals surface area (Å²) in [5.41, 5.74) is 4.28. The first kappa shape index (κ1) is 7.50. The molecule has 0 aliphatic heterocycles. The highest BCUT2D eigenvalue weighted by molar-refractivity contribution is 9.10. The average molecular weight is 202 g/mol. The third-order valence-corrected chi connectivity index (χ3v) is 1.65. The van der Waals surface area contributed by atoms with Crippen molar-refractivity contribution in [2.45, 2.75) is 6.92 Å². The molecule has 0 aromatic carbocycles. The molecule has 1 heterocycles. The molecule has 0 saturated heterocycles. The van der Waals surface area contributed by atoms with Crippen molar-refractivity contribution < 1.29 is 0 Å².